The molecule has 17 heavy (non-hydrogen) atoms. The van der Waals surface area contributed by atoms with Crippen LogP contribution in [0.5, 0.6) is 0 Å². The molecule has 0 fully saturated rings. The molecule has 1 rings (SSSR count). The summed E-state index contributed by atoms with van der Waals surface area (Å²) in [7, 11) is 0. The Hall–Kier alpha value is -1.43. The summed E-state index contributed by atoms with van der Waals surface area (Å²) in [5.41, 5.74) is 0.979. The molecular weight excluding hydrogens is 222 g/mol. The SMILES string of the molecule is CCOC(=O)c1nnn(CCOC(C)C)c1C. The second-order valence-electron chi connectivity index (χ2n) is 3.89. The molecule has 1 heterocycles. The molecule has 0 aliphatic heterocycles. The number of rotatable bonds is 6. The predicted molar refractivity (Wildman–Crippen MR) is 61.8 cm³/mol. The molecule has 0 radical (unpaired) electrons. The lowest BCUT2D eigenvalue weighted by molar-refractivity contribution is 0.0517. The van der Waals surface area contributed by atoms with Gasteiger partial charge in [0.15, 0.2) is 5.69 Å². The van der Waals surface area contributed by atoms with Crippen molar-refractivity contribution >= 4 is 5.97 Å². The highest BCUT2D eigenvalue weighted by molar-refractivity contribution is 5.88. The first-order valence-corrected chi connectivity index (χ1v) is 5.75. The summed E-state index contributed by atoms with van der Waals surface area (Å²) in [6, 6.07) is 0. The van der Waals surface area contributed by atoms with E-state index in [9.17, 15) is 4.79 Å². The van der Waals surface area contributed by atoms with Crippen molar-refractivity contribution in [1.82, 2.24) is 15.0 Å². The molecule has 0 aliphatic carbocycles. The largest absolute Gasteiger partial charge is 0.461 e. The Balaban J connectivity index is 2.61. The van der Waals surface area contributed by atoms with E-state index in [1.165, 1.54) is 0 Å². The fourth-order valence-corrected chi connectivity index (χ4v) is 1.34. The highest BCUT2D eigenvalue weighted by Gasteiger charge is 2.17. The average Bonchev–Trinajstić information content (AvgIpc) is 2.60. The lowest BCUT2D eigenvalue weighted by Gasteiger charge is -2.07. The van der Waals surface area contributed by atoms with Crippen molar-refractivity contribution in [2.24, 2.45) is 0 Å². The fraction of sp³-hybridized carbons (Fsp3) is 0.727. The summed E-state index contributed by atoms with van der Waals surface area (Å²) < 4.78 is 11.9. The van der Waals surface area contributed by atoms with Crippen LogP contribution >= 0.6 is 0 Å². The Morgan fingerprint density at radius 2 is 2.18 bits per heavy atom. The van der Waals surface area contributed by atoms with Crippen LogP contribution in [0.15, 0.2) is 0 Å². The van der Waals surface area contributed by atoms with Crippen LogP contribution in [-0.2, 0) is 16.0 Å². The van der Waals surface area contributed by atoms with Gasteiger partial charge in [-0.3, -0.25) is 0 Å². The number of nitrogens with zero attached hydrogens (tertiary/aromatic N) is 3. The Bertz CT molecular complexity index is 374. The Kier molecular flexibility index (Phi) is 5.09. The second kappa shape index (κ2) is 6.34. The minimum Gasteiger partial charge on any atom is -0.461 e. The van der Waals surface area contributed by atoms with Crippen molar-refractivity contribution < 1.29 is 14.3 Å². The molecule has 0 saturated carbocycles. The standard InChI is InChI=1S/C11H19N3O3/c1-5-16-11(15)10-9(4)14(13-12-10)6-7-17-8(2)3/h8H,5-7H2,1-4H3. The summed E-state index contributed by atoms with van der Waals surface area (Å²) >= 11 is 0. The maximum Gasteiger partial charge on any atom is 0.360 e. The molecule has 0 aromatic carbocycles. The van der Waals surface area contributed by atoms with Crippen molar-refractivity contribution in [2.45, 2.75) is 40.3 Å². The van der Waals surface area contributed by atoms with Crippen LogP contribution in [0.3, 0.4) is 0 Å². The van der Waals surface area contributed by atoms with Crippen molar-refractivity contribution in [3.8, 4) is 0 Å². The predicted octanol–water partition coefficient (Wildman–Crippen LogP) is 1.19. The number of carbonyl (C=O) groups excluding carboxylic acids is 1. The maximum absolute atomic E-state index is 11.5. The molecular formula is C11H19N3O3. The van der Waals surface area contributed by atoms with Gasteiger partial charge in [-0.15, -0.1) is 5.10 Å². The topological polar surface area (TPSA) is 66.2 Å². The van der Waals surface area contributed by atoms with Gasteiger partial charge in [0.1, 0.15) is 0 Å². The lowest BCUT2D eigenvalue weighted by atomic mass is 10.3. The first kappa shape index (κ1) is 13.6. The number of carbonyl (C=O) groups is 1. The molecule has 6 nitrogen and oxygen atoms in total. The molecule has 1 aromatic heterocycles. The Labute approximate surface area is 101 Å². The maximum atomic E-state index is 11.5. The molecule has 1 aromatic rings. The monoisotopic (exact) mass is 241 g/mol. The Morgan fingerprint density at radius 3 is 2.76 bits per heavy atom. The fourth-order valence-electron chi connectivity index (χ4n) is 1.34. The van der Waals surface area contributed by atoms with Gasteiger partial charge >= 0.3 is 5.97 Å². The molecule has 0 bridgehead atoms. The van der Waals surface area contributed by atoms with Crippen molar-refractivity contribution in [3.05, 3.63) is 11.4 Å². The zero-order valence-electron chi connectivity index (χ0n) is 10.8. The van der Waals surface area contributed by atoms with Crippen LogP contribution in [0.25, 0.3) is 0 Å². The second-order valence-corrected chi connectivity index (χ2v) is 3.89. The minimum atomic E-state index is -0.430. The van der Waals surface area contributed by atoms with Gasteiger partial charge in [0.25, 0.3) is 0 Å². The van der Waals surface area contributed by atoms with E-state index in [1.54, 1.807) is 18.5 Å². The van der Waals surface area contributed by atoms with Gasteiger partial charge < -0.3 is 9.47 Å². The van der Waals surface area contributed by atoms with Crippen LogP contribution < -0.4 is 0 Å². The van der Waals surface area contributed by atoms with Gasteiger partial charge in [0, 0.05) is 0 Å². The van der Waals surface area contributed by atoms with Crippen molar-refractivity contribution in [2.75, 3.05) is 13.2 Å². The van der Waals surface area contributed by atoms with E-state index in [0.29, 0.717) is 25.5 Å². The van der Waals surface area contributed by atoms with E-state index in [0.717, 1.165) is 0 Å². The van der Waals surface area contributed by atoms with Crippen LogP contribution in [0.4, 0.5) is 0 Å². The van der Waals surface area contributed by atoms with Crippen LogP contribution in [0.1, 0.15) is 37.0 Å². The van der Waals surface area contributed by atoms with Crippen LogP contribution in [-0.4, -0.2) is 40.3 Å². The van der Waals surface area contributed by atoms with Gasteiger partial charge in [-0.2, -0.15) is 0 Å². The van der Waals surface area contributed by atoms with Crippen molar-refractivity contribution in [1.29, 1.82) is 0 Å². The van der Waals surface area contributed by atoms with E-state index < -0.39 is 5.97 Å². The molecule has 0 aliphatic rings. The van der Waals surface area contributed by atoms with Gasteiger partial charge in [-0.1, -0.05) is 5.21 Å². The third kappa shape index (κ3) is 3.81. The molecule has 0 amide bonds. The summed E-state index contributed by atoms with van der Waals surface area (Å²) in [5, 5.41) is 7.72. The van der Waals surface area contributed by atoms with E-state index in [-0.39, 0.29) is 11.8 Å². The third-order valence-electron chi connectivity index (χ3n) is 2.21. The highest BCUT2D eigenvalue weighted by atomic mass is 16.5. The van der Waals surface area contributed by atoms with Crippen LogP contribution in [0, 0.1) is 6.92 Å². The Morgan fingerprint density at radius 1 is 1.47 bits per heavy atom. The quantitative estimate of drug-likeness (QED) is 0.700. The van der Waals surface area contributed by atoms with Gasteiger partial charge in [-0.25, -0.2) is 9.48 Å². The molecule has 6 heteroatoms. The van der Waals surface area contributed by atoms with Crippen LogP contribution in [0.2, 0.25) is 0 Å². The van der Waals surface area contributed by atoms with E-state index in [1.807, 2.05) is 13.8 Å². The molecule has 0 saturated heterocycles. The number of hydrogen-bond donors (Lipinski definition) is 0. The van der Waals surface area contributed by atoms with Crippen molar-refractivity contribution in [3.63, 3.8) is 0 Å². The lowest BCUT2D eigenvalue weighted by Crippen LogP contribution is -2.13. The van der Waals surface area contributed by atoms with E-state index >= 15 is 0 Å². The number of esters is 1. The van der Waals surface area contributed by atoms with E-state index in [2.05, 4.69) is 10.3 Å². The zero-order valence-corrected chi connectivity index (χ0v) is 10.8. The molecule has 0 atom stereocenters. The number of ether oxygens (including phenoxy) is 2. The zero-order chi connectivity index (χ0) is 12.8. The van der Waals surface area contributed by atoms with Gasteiger partial charge in [0.05, 0.1) is 31.6 Å². The molecule has 0 N–H and O–H groups in total. The molecule has 96 valence electrons. The first-order valence-electron chi connectivity index (χ1n) is 5.75. The number of aromatic nitrogens is 3. The summed E-state index contributed by atoms with van der Waals surface area (Å²) in [6.45, 7) is 8.95. The average molecular weight is 241 g/mol. The summed E-state index contributed by atoms with van der Waals surface area (Å²) in [6.07, 6.45) is 0.184. The summed E-state index contributed by atoms with van der Waals surface area (Å²) in [4.78, 5) is 11.5. The smallest absolute Gasteiger partial charge is 0.360 e. The third-order valence-corrected chi connectivity index (χ3v) is 2.21. The normalized spacial score (nSPS) is 10.9. The van der Waals surface area contributed by atoms with E-state index in [4.69, 9.17) is 9.47 Å². The molecule has 0 spiro atoms. The molecule has 0 unspecified atom stereocenters. The van der Waals surface area contributed by atoms with Gasteiger partial charge in [0.2, 0.25) is 0 Å². The highest BCUT2D eigenvalue weighted by Crippen LogP contribution is 2.05. The number of hydrogen-bond acceptors (Lipinski definition) is 5. The first-order chi connectivity index (χ1) is 8.06. The summed E-state index contributed by atoms with van der Waals surface area (Å²) in [5.74, 6) is -0.430. The minimum absolute atomic E-state index is 0.184. The van der Waals surface area contributed by atoms with Gasteiger partial charge in [-0.05, 0) is 27.7 Å².